The van der Waals surface area contributed by atoms with E-state index in [0.717, 1.165) is 6.42 Å². The van der Waals surface area contributed by atoms with E-state index in [9.17, 15) is 13.5 Å². The van der Waals surface area contributed by atoms with E-state index < -0.39 is 16.3 Å². The molecular weight excluding hydrogens is 240 g/mol. The van der Waals surface area contributed by atoms with Gasteiger partial charge in [0.05, 0.1) is 6.10 Å². The van der Waals surface area contributed by atoms with Crippen LogP contribution < -0.4 is 0 Å². The van der Waals surface area contributed by atoms with Gasteiger partial charge in [0.25, 0.3) is 10.2 Å². The van der Waals surface area contributed by atoms with Gasteiger partial charge >= 0.3 is 0 Å². The van der Waals surface area contributed by atoms with Crippen LogP contribution in [-0.2, 0) is 10.2 Å². The van der Waals surface area contributed by atoms with Crippen LogP contribution in [0.3, 0.4) is 0 Å². The molecule has 0 aromatic rings. The lowest BCUT2D eigenvalue weighted by atomic mass is 9.94. The number of piperidine rings is 1. The molecule has 0 aromatic carbocycles. The van der Waals surface area contributed by atoms with Crippen molar-refractivity contribution in [1.82, 2.24) is 8.61 Å². The largest absolute Gasteiger partial charge is 0.392 e. The molecule has 0 bridgehead atoms. The molecule has 1 aliphatic rings. The normalized spacial score (nSPS) is 29.5. The third-order valence-corrected chi connectivity index (χ3v) is 4.96. The average Bonchev–Trinajstić information content (AvgIpc) is 2.14. The van der Waals surface area contributed by atoms with Crippen molar-refractivity contribution in [2.45, 2.75) is 33.3 Å². The molecule has 0 aromatic heterocycles. The molecule has 3 unspecified atom stereocenters. The summed E-state index contributed by atoms with van der Waals surface area (Å²) in [6.07, 6.45) is 0.431. The molecule has 0 spiro atoms. The highest BCUT2D eigenvalue weighted by atomic mass is 32.2. The van der Waals surface area contributed by atoms with Crippen LogP contribution in [0.1, 0.15) is 27.2 Å². The summed E-state index contributed by atoms with van der Waals surface area (Å²) in [6, 6.07) is 0. The van der Waals surface area contributed by atoms with Gasteiger partial charge in [-0.25, -0.2) is 0 Å². The number of hydrogen-bond donors (Lipinski definition) is 1. The van der Waals surface area contributed by atoms with E-state index in [0.29, 0.717) is 24.9 Å². The van der Waals surface area contributed by atoms with Crippen molar-refractivity contribution in [3.8, 4) is 0 Å². The van der Waals surface area contributed by atoms with Crippen LogP contribution in [0.25, 0.3) is 0 Å². The zero-order valence-corrected chi connectivity index (χ0v) is 11.9. The quantitative estimate of drug-likeness (QED) is 0.805. The van der Waals surface area contributed by atoms with Gasteiger partial charge in [0, 0.05) is 26.7 Å². The standard InChI is InChI=1S/C11H24N2O3S/c1-9-5-10(2)7-13(6-9)17(15,16)12(4)8-11(3)14/h9-11,14H,5-8H2,1-4H3. The Morgan fingerprint density at radius 2 is 1.82 bits per heavy atom. The van der Waals surface area contributed by atoms with Gasteiger partial charge in [-0.05, 0) is 25.2 Å². The van der Waals surface area contributed by atoms with Crippen molar-refractivity contribution in [3.63, 3.8) is 0 Å². The number of hydrogen-bond acceptors (Lipinski definition) is 3. The molecule has 3 atom stereocenters. The van der Waals surface area contributed by atoms with Crippen molar-refractivity contribution in [3.05, 3.63) is 0 Å². The molecule has 0 saturated carbocycles. The predicted molar refractivity (Wildman–Crippen MR) is 67.7 cm³/mol. The van der Waals surface area contributed by atoms with E-state index in [1.165, 1.54) is 15.7 Å². The van der Waals surface area contributed by atoms with Gasteiger partial charge in [0.2, 0.25) is 0 Å². The molecule has 0 aliphatic carbocycles. The summed E-state index contributed by atoms with van der Waals surface area (Å²) in [5.74, 6) is 0.793. The maximum Gasteiger partial charge on any atom is 0.281 e. The highest BCUT2D eigenvalue weighted by molar-refractivity contribution is 7.86. The molecule has 1 heterocycles. The zero-order chi connectivity index (χ0) is 13.2. The van der Waals surface area contributed by atoms with Crippen LogP contribution in [0.2, 0.25) is 0 Å². The van der Waals surface area contributed by atoms with Crippen LogP contribution in [-0.4, -0.2) is 54.9 Å². The van der Waals surface area contributed by atoms with E-state index in [1.54, 1.807) is 6.92 Å². The summed E-state index contributed by atoms with van der Waals surface area (Å²) in [6.45, 7) is 7.04. The minimum absolute atomic E-state index is 0.140. The average molecular weight is 264 g/mol. The zero-order valence-electron chi connectivity index (χ0n) is 11.1. The van der Waals surface area contributed by atoms with Gasteiger partial charge < -0.3 is 5.11 Å². The van der Waals surface area contributed by atoms with Crippen LogP contribution in [0, 0.1) is 11.8 Å². The number of nitrogens with zero attached hydrogens (tertiary/aromatic N) is 2. The Kier molecular flexibility index (Phi) is 4.95. The molecule has 1 N–H and O–H groups in total. The molecule has 0 radical (unpaired) electrons. The fourth-order valence-electron chi connectivity index (χ4n) is 2.46. The molecule has 1 rings (SSSR count). The summed E-state index contributed by atoms with van der Waals surface area (Å²) in [5.41, 5.74) is 0. The van der Waals surface area contributed by atoms with Crippen LogP contribution >= 0.6 is 0 Å². The second-order valence-electron chi connectivity index (χ2n) is 5.40. The van der Waals surface area contributed by atoms with Crippen LogP contribution in [0.5, 0.6) is 0 Å². The van der Waals surface area contributed by atoms with Crippen molar-refractivity contribution in [2.75, 3.05) is 26.7 Å². The highest BCUT2D eigenvalue weighted by Crippen LogP contribution is 2.24. The minimum Gasteiger partial charge on any atom is -0.392 e. The summed E-state index contributed by atoms with van der Waals surface area (Å²) in [5, 5.41) is 9.26. The molecule has 5 nitrogen and oxygen atoms in total. The van der Waals surface area contributed by atoms with E-state index in [1.807, 2.05) is 0 Å². The lowest BCUT2D eigenvalue weighted by Gasteiger charge is -2.36. The first-order chi connectivity index (χ1) is 7.73. The van der Waals surface area contributed by atoms with Crippen molar-refractivity contribution < 1.29 is 13.5 Å². The summed E-state index contributed by atoms with van der Waals surface area (Å²) >= 11 is 0. The van der Waals surface area contributed by atoms with Gasteiger partial charge in [-0.3, -0.25) is 0 Å². The summed E-state index contributed by atoms with van der Waals surface area (Å²) in [4.78, 5) is 0. The van der Waals surface area contributed by atoms with Crippen molar-refractivity contribution in [2.24, 2.45) is 11.8 Å². The molecule has 0 amide bonds. The Hall–Kier alpha value is -0.170. The molecule has 102 valence electrons. The highest BCUT2D eigenvalue weighted by Gasteiger charge is 2.33. The second kappa shape index (κ2) is 5.65. The fourth-order valence-corrected chi connectivity index (χ4v) is 4.14. The molecule has 1 saturated heterocycles. The molecule has 6 heteroatoms. The molecule has 17 heavy (non-hydrogen) atoms. The first-order valence-corrected chi connectivity index (χ1v) is 7.52. The van der Waals surface area contributed by atoms with Gasteiger partial charge in [0.1, 0.15) is 0 Å². The van der Waals surface area contributed by atoms with E-state index in [-0.39, 0.29) is 6.54 Å². The van der Waals surface area contributed by atoms with Crippen LogP contribution in [0.4, 0.5) is 0 Å². The Labute approximate surface area is 105 Å². The minimum atomic E-state index is -3.42. The second-order valence-corrected chi connectivity index (χ2v) is 7.44. The Balaban J connectivity index is 2.75. The van der Waals surface area contributed by atoms with E-state index in [4.69, 9.17) is 0 Å². The summed E-state index contributed by atoms with van der Waals surface area (Å²) < 4.78 is 27.3. The van der Waals surface area contributed by atoms with E-state index in [2.05, 4.69) is 13.8 Å². The van der Waals surface area contributed by atoms with Gasteiger partial charge in [-0.1, -0.05) is 13.8 Å². The van der Waals surface area contributed by atoms with Crippen LogP contribution in [0.15, 0.2) is 0 Å². The maximum absolute atomic E-state index is 12.3. The first-order valence-electron chi connectivity index (χ1n) is 6.13. The lowest BCUT2D eigenvalue weighted by Crippen LogP contribution is -2.49. The van der Waals surface area contributed by atoms with Gasteiger partial charge in [0.15, 0.2) is 0 Å². The Morgan fingerprint density at radius 1 is 1.35 bits per heavy atom. The topological polar surface area (TPSA) is 60.9 Å². The molecule has 1 aliphatic heterocycles. The van der Waals surface area contributed by atoms with Gasteiger partial charge in [-0.2, -0.15) is 17.0 Å². The van der Waals surface area contributed by atoms with Gasteiger partial charge in [-0.15, -0.1) is 0 Å². The number of likely N-dealkylation sites (N-methyl/N-ethyl adjacent to an activating group) is 1. The number of aliphatic hydroxyl groups is 1. The van der Waals surface area contributed by atoms with Crippen molar-refractivity contribution >= 4 is 10.2 Å². The Morgan fingerprint density at radius 3 is 2.24 bits per heavy atom. The Bertz CT molecular complexity index is 333. The number of rotatable bonds is 4. The molecular formula is C11H24N2O3S. The SMILES string of the molecule is CC(O)CN(C)S(=O)(=O)N1CC(C)CC(C)C1. The van der Waals surface area contributed by atoms with Crippen molar-refractivity contribution in [1.29, 1.82) is 0 Å². The third-order valence-electron chi connectivity index (χ3n) is 3.08. The fraction of sp³-hybridized carbons (Fsp3) is 1.00. The number of aliphatic hydroxyl groups excluding tert-OH is 1. The summed E-state index contributed by atoms with van der Waals surface area (Å²) in [7, 11) is -1.90. The predicted octanol–water partition coefficient (Wildman–Crippen LogP) is 0.522. The smallest absolute Gasteiger partial charge is 0.281 e. The van der Waals surface area contributed by atoms with E-state index >= 15 is 0 Å². The molecule has 1 fully saturated rings. The third kappa shape index (κ3) is 3.91. The maximum atomic E-state index is 12.3. The first kappa shape index (κ1) is 14.9. The lowest BCUT2D eigenvalue weighted by molar-refractivity contribution is 0.161. The monoisotopic (exact) mass is 264 g/mol.